The van der Waals surface area contributed by atoms with Crippen molar-refractivity contribution in [1.29, 1.82) is 0 Å². The fourth-order valence-corrected chi connectivity index (χ4v) is 3.85. The quantitative estimate of drug-likeness (QED) is 0.558. The van der Waals surface area contributed by atoms with Crippen LogP contribution < -0.4 is 0 Å². The molecule has 2 rings (SSSR count). The van der Waals surface area contributed by atoms with E-state index in [2.05, 4.69) is 43.7 Å². The topological polar surface area (TPSA) is 12.5 Å². The van der Waals surface area contributed by atoms with E-state index in [1.807, 2.05) is 6.92 Å². The zero-order valence-corrected chi connectivity index (χ0v) is 12.7. The summed E-state index contributed by atoms with van der Waals surface area (Å²) in [4.78, 5) is 2.34. The first kappa shape index (κ1) is 14.6. The highest BCUT2D eigenvalue weighted by atomic mass is 16.5. The third kappa shape index (κ3) is 2.59. The first-order valence-electron chi connectivity index (χ1n) is 7.50. The minimum atomic E-state index is 0.0258. The van der Waals surface area contributed by atoms with Gasteiger partial charge < -0.3 is 4.74 Å². The molecule has 19 heavy (non-hydrogen) atoms. The van der Waals surface area contributed by atoms with E-state index in [1.165, 1.54) is 19.3 Å². The third-order valence-corrected chi connectivity index (χ3v) is 5.00. The van der Waals surface area contributed by atoms with Gasteiger partial charge in [0.15, 0.2) is 0 Å². The Morgan fingerprint density at radius 1 is 1.42 bits per heavy atom. The van der Waals surface area contributed by atoms with E-state index in [-0.39, 0.29) is 11.8 Å². The van der Waals surface area contributed by atoms with Crippen molar-refractivity contribution in [2.75, 3.05) is 6.54 Å². The van der Waals surface area contributed by atoms with Gasteiger partial charge in [-0.2, -0.15) is 0 Å². The molecule has 2 nitrogen and oxygen atoms in total. The summed E-state index contributed by atoms with van der Waals surface area (Å²) in [5.74, 6) is 4.04. The second-order valence-corrected chi connectivity index (χ2v) is 6.52. The molecule has 1 heterocycles. The van der Waals surface area contributed by atoms with Gasteiger partial charge in [0.05, 0.1) is 12.6 Å². The summed E-state index contributed by atoms with van der Waals surface area (Å²) >= 11 is 0. The van der Waals surface area contributed by atoms with E-state index < -0.39 is 0 Å². The molecule has 0 radical (unpaired) electrons. The summed E-state index contributed by atoms with van der Waals surface area (Å²) in [5.41, 5.74) is 0.105. The summed E-state index contributed by atoms with van der Waals surface area (Å²) in [6.45, 7) is 9.69. The smallest absolute Gasteiger partial charge is 0.131 e. The highest BCUT2D eigenvalue weighted by Gasteiger charge is 2.50. The molecule has 0 N–H and O–H groups in total. The van der Waals surface area contributed by atoms with Crippen LogP contribution in [0.5, 0.6) is 0 Å². The van der Waals surface area contributed by atoms with E-state index in [0.29, 0.717) is 24.5 Å². The highest BCUT2D eigenvalue weighted by molar-refractivity contribution is 5.07. The summed E-state index contributed by atoms with van der Waals surface area (Å²) in [7, 11) is 0. The number of allylic oxidation sites excluding steroid dienone is 1. The molecule has 0 spiro atoms. The lowest BCUT2D eigenvalue weighted by Crippen LogP contribution is -2.65. The number of terminal acetylenes is 1. The second kappa shape index (κ2) is 5.69. The summed E-state index contributed by atoms with van der Waals surface area (Å²) in [6.07, 6.45) is 14.0. The maximum absolute atomic E-state index is 6.39. The molecule has 0 amide bonds. The number of ether oxygens (including phenoxy) is 1. The molecule has 1 saturated heterocycles. The van der Waals surface area contributed by atoms with Crippen LogP contribution in [0.3, 0.4) is 0 Å². The maximum atomic E-state index is 6.39. The van der Waals surface area contributed by atoms with Gasteiger partial charge in [0.1, 0.15) is 6.23 Å². The van der Waals surface area contributed by atoms with Crippen molar-refractivity contribution < 1.29 is 4.74 Å². The van der Waals surface area contributed by atoms with Gasteiger partial charge >= 0.3 is 0 Å². The van der Waals surface area contributed by atoms with Crippen LogP contribution in [0.2, 0.25) is 0 Å². The largest absolute Gasteiger partial charge is 0.356 e. The van der Waals surface area contributed by atoms with Crippen molar-refractivity contribution in [3.05, 3.63) is 12.2 Å². The van der Waals surface area contributed by atoms with Crippen molar-refractivity contribution in [2.45, 2.75) is 64.8 Å². The van der Waals surface area contributed by atoms with Gasteiger partial charge in [-0.25, -0.2) is 0 Å². The third-order valence-electron chi connectivity index (χ3n) is 5.00. The average molecular weight is 261 g/mol. The van der Waals surface area contributed by atoms with Crippen LogP contribution in [-0.4, -0.2) is 29.3 Å². The molecule has 0 aromatic carbocycles. The number of nitrogens with zero attached hydrogens (tertiary/aromatic N) is 1. The van der Waals surface area contributed by atoms with Gasteiger partial charge in [-0.05, 0) is 45.6 Å². The molecule has 1 saturated carbocycles. The molecule has 2 aliphatic rings. The average Bonchev–Trinajstić information content (AvgIpc) is 2.36. The maximum Gasteiger partial charge on any atom is 0.131 e. The predicted molar refractivity (Wildman–Crippen MR) is 79.6 cm³/mol. The summed E-state index contributed by atoms with van der Waals surface area (Å²) in [5, 5.41) is 0. The summed E-state index contributed by atoms with van der Waals surface area (Å²) in [6, 6.07) is 0. The predicted octanol–water partition coefficient (Wildman–Crippen LogP) is 3.44. The van der Waals surface area contributed by atoms with E-state index in [0.717, 1.165) is 0 Å². The lowest BCUT2D eigenvalue weighted by molar-refractivity contribution is -0.220. The van der Waals surface area contributed by atoms with E-state index >= 15 is 0 Å². The molecule has 0 bridgehead atoms. The Hall–Kier alpha value is -0.780. The van der Waals surface area contributed by atoms with Crippen molar-refractivity contribution >= 4 is 0 Å². The van der Waals surface area contributed by atoms with Crippen LogP contribution in [0.15, 0.2) is 12.2 Å². The summed E-state index contributed by atoms with van der Waals surface area (Å²) < 4.78 is 6.39. The lowest BCUT2D eigenvalue weighted by atomic mass is 9.69. The zero-order valence-electron chi connectivity index (χ0n) is 12.7. The SMILES string of the molecule is C#CCN1C(/C=C/C)OC2C(C)CCCC2C1(C)C. The lowest BCUT2D eigenvalue weighted by Gasteiger charge is -2.57. The van der Waals surface area contributed by atoms with Gasteiger partial charge in [-0.1, -0.05) is 25.3 Å². The van der Waals surface area contributed by atoms with Crippen molar-refractivity contribution in [2.24, 2.45) is 11.8 Å². The Labute approximate surface area is 118 Å². The van der Waals surface area contributed by atoms with Crippen molar-refractivity contribution in [3.63, 3.8) is 0 Å². The molecule has 2 heteroatoms. The normalized spacial score (nSPS) is 38.9. The van der Waals surface area contributed by atoms with Gasteiger partial charge in [-0.15, -0.1) is 6.42 Å². The van der Waals surface area contributed by atoms with Crippen LogP contribution in [0.4, 0.5) is 0 Å². The zero-order chi connectivity index (χ0) is 14.0. The van der Waals surface area contributed by atoms with E-state index in [4.69, 9.17) is 11.2 Å². The van der Waals surface area contributed by atoms with Crippen molar-refractivity contribution in [3.8, 4) is 12.3 Å². The Morgan fingerprint density at radius 2 is 2.16 bits per heavy atom. The molecule has 1 aliphatic carbocycles. The van der Waals surface area contributed by atoms with Gasteiger partial charge in [0.25, 0.3) is 0 Å². The Morgan fingerprint density at radius 3 is 2.79 bits per heavy atom. The molecule has 4 unspecified atom stereocenters. The molecule has 0 aromatic heterocycles. The van der Waals surface area contributed by atoms with E-state index in [1.54, 1.807) is 0 Å². The highest BCUT2D eigenvalue weighted by Crippen LogP contribution is 2.45. The molecule has 2 fully saturated rings. The minimum Gasteiger partial charge on any atom is -0.356 e. The minimum absolute atomic E-state index is 0.0258. The first-order valence-corrected chi connectivity index (χ1v) is 7.50. The molecule has 106 valence electrons. The molecule has 4 atom stereocenters. The molecular formula is C17H27NO. The number of hydrogen-bond acceptors (Lipinski definition) is 2. The van der Waals surface area contributed by atoms with Gasteiger partial charge in [0, 0.05) is 11.5 Å². The first-order chi connectivity index (χ1) is 9.02. The Kier molecular flexibility index (Phi) is 4.38. The Balaban J connectivity index is 2.31. The van der Waals surface area contributed by atoms with Gasteiger partial charge in [-0.3, -0.25) is 4.90 Å². The second-order valence-electron chi connectivity index (χ2n) is 6.52. The fraction of sp³-hybridized carbons (Fsp3) is 0.765. The monoisotopic (exact) mass is 261 g/mol. The number of fused-ring (bicyclic) bond motifs is 1. The fourth-order valence-electron chi connectivity index (χ4n) is 3.85. The van der Waals surface area contributed by atoms with E-state index in [9.17, 15) is 0 Å². The number of hydrogen-bond donors (Lipinski definition) is 0. The molecule has 0 aromatic rings. The van der Waals surface area contributed by atoms with Crippen molar-refractivity contribution in [1.82, 2.24) is 4.90 Å². The molecular weight excluding hydrogens is 234 g/mol. The van der Waals surface area contributed by atoms with Crippen LogP contribution in [0.25, 0.3) is 0 Å². The van der Waals surface area contributed by atoms with Crippen LogP contribution in [0.1, 0.15) is 47.0 Å². The standard InChI is InChI=1S/C17H27NO/c1-6-9-15-18(12-7-2)17(4,5)14-11-8-10-13(3)16(14)19-15/h2,6,9,13-16H,8,10-12H2,1,3-5H3/b9-6+. The number of rotatable bonds is 2. The molecule has 1 aliphatic heterocycles. The van der Waals surface area contributed by atoms with Crippen LogP contribution >= 0.6 is 0 Å². The van der Waals surface area contributed by atoms with Gasteiger partial charge in [0.2, 0.25) is 0 Å². The van der Waals surface area contributed by atoms with Crippen LogP contribution in [-0.2, 0) is 4.74 Å². The van der Waals surface area contributed by atoms with Crippen LogP contribution in [0, 0.1) is 24.2 Å². The Bertz CT molecular complexity index is 379.